The van der Waals surface area contributed by atoms with E-state index in [1.807, 2.05) is 6.92 Å². The Balaban J connectivity index is 2.66. The summed E-state index contributed by atoms with van der Waals surface area (Å²) < 4.78 is 51.0. The Hall–Kier alpha value is 0.321. The van der Waals surface area contributed by atoms with Crippen molar-refractivity contribution >= 4 is 27.4 Å². The maximum absolute atomic E-state index is 12.7. The minimum Gasteiger partial charge on any atom is -0.389 e. The SMILES string of the molecule is CCC[Si]1(C)O[Si](F)O[Si](F)(F)O1. The summed E-state index contributed by atoms with van der Waals surface area (Å²) in [6.07, 6.45) is 0.641. The Kier molecular flexibility index (Phi) is 3.35. The van der Waals surface area contributed by atoms with Crippen molar-refractivity contribution in [2.24, 2.45) is 0 Å². The van der Waals surface area contributed by atoms with E-state index in [1.165, 1.54) is 6.55 Å². The summed E-state index contributed by atoms with van der Waals surface area (Å²) in [6, 6.07) is 0.372. The van der Waals surface area contributed by atoms with Gasteiger partial charge in [-0.05, 0) is 12.6 Å². The van der Waals surface area contributed by atoms with Gasteiger partial charge in [0, 0.05) is 0 Å². The van der Waals surface area contributed by atoms with Crippen molar-refractivity contribution < 1.29 is 24.7 Å². The second-order valence-electron chi connectivity index (χ2n) is 2.89. The first-order valence-corrected chi connectivity index (χ1v) is 9.14. The summed E-state index contributed by atoms with van der Waals surface area (Å²) in [5, 5.41) is 0. The van der Waals surface area contributed by atoms with Crippen LogP contribution in [0.4, 0.5) is 12.3 Å². The number of rotatable bonds is 2. The summed E-state index contributed by atoms with van der Waals surface area (Å²) in [5.74, 6) is 0. The Morgan fingerprint density at radius 1 is 1.31 bits per heavy atom. The van der Waals surface area contributed by atoms with Crippen LogP contribution in [0.25, 0.3) is 0 Å². The van der Waals surface area contributed by atoms with E-state index in [-0.39, 0.29) is 0 Å². The first-order chi connectivity index (χ1) is 5.87. The molecule has 0 aliphatic carbocycles. The van der Waals surface area contributed by atoms with E-state index in [9.17, 15) is 12.3 Å². The fraction of sp³-hybridized carbons (Fsp3) is 1.00. The molecule has 77 valence electrons. The molecule has 1 radical (unpaired) electrons. The number of hydrogen-bond acceptors (Lipinski definition) is 3. The van der Waals surface area contributed by atoms with Crippen LogP contribution in [0.15, 0.2) is 0 Å². The molecule has 1 aliphatic rings. The summed E-state index contributed by atoms with van der Waals surface area (Å²) >= 11 is 0. The lowest BCUT2D eigenvalue weighted by molar-refractivity contribution is 0.137. The van der Waals surface area contributed by atoms with Crippen molar-refractivity contribution in [1.82, 2.24) is 0 Å². The Morgan fingerprint density at radius 3 is 2.38 bits per heavy atom. The average molecular weight is 247 g/mol. The summed E-state index contributed by atoms with van der Waals surface area (Å²) in [7, 11) is -11.5. The molecule has 9 heteroatoms. The summed E-state index contributed by atoms with van der Waals surface area (Å²) in [4.78, 5) is 0. The van der Waals surface area contributed by atoms with Crippen LogP contribution in [0.2, 0.25) is 12.6 Å². The van der Waals surface area contributed by atoms with Crippen molar-refractivity contribution in [2.45, 2.75) is 25.9 Å². The third-order valence-corrected chi connectivity index (χ3v) is 9.58. The molecule has 3 nitrogen and oxygen atoms in total. The van der Waals surface area contributed by atoms with Gasteiger partial charge in [0.15, 0.2) is 0 Å². The van der Waals surface area contributed by atoms with Gasteiger partial charge in [0.25, 0.3) is 0 Å². The minimum absolute atomic E-state index is 0.372. The molecule has 1 saturated heterocycles. The molecule has 0 aromatic heterocycles. The van der Waals surface area contributed by atoms with Crippen molar-refractivity contribution in [1.29, 1.82) is 0 Å². The van der Waals surface area contributed by atoms with E-state index in [1.54, 1.807) is 0 Å². The fourth-order valence-electron chi connectivity index (χ4n) is 1.13. The van der Waals surface area contributed by atoms with E-state index >= 15 is 0 Å². The van der Waals surface area contributed by atoms with Gasteiger partial charge in [-0.3, -0.25) is 0 Å². The second-order valence-corrected chi connectivity index (χ2v) is 9.51. The quantitative estimate of drug-likeness (QED) is 0.550. The molecule has 1 rings (SSSR count). The standard InChI is InChI=1S/C4H10F3O3Si3/c1-3-4-12(2)8-11(5)9-13(6,7)10-12/h3-4H2,1-2H3. The predicted molar refractivity (Wildman–Crippen MR) is 44.8 cm³/mol. The molecule has 0 bridgehead atoms. The van der Waals surface area contributed by atoms with Gasteiger partial charge in [0.05, 0.1) is 0 Å². The van der Waals surface area contributed by atoms with Crippen LogP contribution in [-0.2, 0) is 12.3 Å². The van der Waals surface area contributed by atoms with Gasteiger partial charge >= 0.3 is 27.4 Å². The molecule has 1 atom stereocenters. The van der Waals surface area contributed by atoms with Gasteiger partial charge in [0.2, 0.25) is 0 Å². The highest BCUT2D eigenvalue weighted by Gasteiger charge is 2.60. The van der Waals surface area contributed by atoms with Crippen LogP contribution in [0.3, 0.4) is 0 Å². The van der Waals surface area contributed by atoms with E-state index in [0.29, 0.717) is 12.5 Å². The van der Waals surface area contributed by atoms with Gasteiger partial charge in [-0.1, -0.05) is 13.3 Å². The maximum Gasteiger partial charge on any atom is 0.744 e. The van der Waals surface area contributed by atoms with E-state index in [2.05, 4.69) is 8.23 Å². The summed E-state index contributed by atoms with van der Waals surface area (Å²) in [6.45, 7) is 3.26. The molecule has 13 heavy (non-hydrogen) atoms. The molecule has 0 saturated carbocycles. The van der Waals surface area contributed by atoms with Crippen LogP contribution in [0, 0.1) is 0 Å². The van der Waals surface area contributed by atoms with Crippen LogP contribution in [-0.4, -0.2) is 27.4 Å². The Labute approximate surface area is 78.7 Å². The van der Waals surface area contributed by atoms with Gasteiger partial charge in [-0.25, -0.2) is 12.3 Å². The Morgan fingerprint density at radius 2 is 1.92 bits per heavy atom. The normalized spacial score (nSPS) is 34.8. The van der Waals surface area contributed by atoms with Crippen LogP contribution < -0.4 is 0 Å². The smallest absolute Gasteiger partial charge is 0.389 e. The third kappa shape index (κ3) is 3.18. The van der Waals surface area contributed by atoms with Crippen LogP contribution in [0.1, 0.15) is 13.3 Å². The Bertz CT molecular complexity index is 195. The number of hydrogen-bond donors (Lipinski definition) is 0. The number of halogens is 3. The maximum atomic E-state index is 12.7. The molecule has 1 aliphatic heterocycles. The average Bonchev–Trinajstić information content (AvgIpc) is 1.78. The molecule has 1 unspecified atom stereocenters. The zero-order valence-electron chi connectivity index (χ0n) is 7.27. The molecule has 0 N–H and O–H groups in total. The van der Waals surface area contributed by atoms with Gasteiger partial charge < -0.3 is 12.3 Å². The molecule has 1 fully saturated rings. The third-order valence-electron chi connectivity index (χ3n) is 1.53. The van der Waals surface area contributed by atoms with Crippen molar-refractivity contribution in [3.8, 4) is 0 Å². The molecule has 1 heterocycles. The van der Waals surface area contributed by atoms with Gasteiger partial charge in [-0.2, -0.15) is 0 Å². The fourth-order valence-corrected chi connectivity index (χ4v) is 8.60. The zero-order valence-corrected chi connectivity index (χ0v) is 10.3. The van der Waals surface area contributed by atoms with Crippen LogP contribution in [0.5, 0.6) is 0 Å². The highest BCUT2D eigenvalue weighted by molar-refractivity contribution is 6.83. The van der Waals surface area contributed by atoms with Gasteiger partial charge in [0.1, 0.15) is 0 Å². The lowest BCUT2D eigenvalue weighted by atomic mass is 10.6. The van der Waals surface area contributed by atoms with Gasteiger partial charge in [-0.15, -0.1) is 0 Å². The van der Waals surface area contributed by atoms with E-state index in [4.69, 9.17) is 4.12 Å². The lowest BCUT2D eigenvalue weighted by Crippen LogP contribution is -2.59. The lowest BCUT2D eigenvalue weighted by Gasteiger charge is -2.34. The van der Waals surface area contributed by atoms with E-state index in [0.717, 1.165) is 0 Å². The largest absolute Gasteiger partial charge is 0.744 e. The molecule has 0 spiro atoms. The topological polar surface area (TPSA) is 27.7 Å². The first kappa shape index (κ1) is 11.4. The summed E-state index contributed by atoms with van der Waals surface area (Å²) in [5.41, 5.74) is 0. The minimum atomic E-state index is -5.22. The van der Waals surface area contributed by atoms with Crippen molar-refractivity contribution in [3.63, 3.8) is 0 Å². The van der Waals surface area contributed by atoms with Crippen molar-refractivity contribution in [2.75, 3.05) is 0 Å². The molecule has 0 amide bonds. The second kappa shape index (κ2) is 3.82. The van der Waals surface area contributed by atoms with Crippen molar-refractivity contribution in [3.05, 3.63) is 0 Å². The van der Waals surface area contributed by atoms with Crippen LogP contribution >= 0.6 is 0 Å². The molecule has 0 aromatic carbocycles. The monoisotopic (exact) mass is 247 g/mol. The molecule has 0 aromatic rings. The van der Waals surface area contributed by atoms with E-state index < -0.39 is 27.4 Å². The highest BCUT2D eigenvalue weighted by Crippen LogP contribution is 2.30. The predicted octanol–water partition coefficient (Wildman–Crippen LogP) is 1.86. The zero-order chi connectivity index (χ0) is 10.1. The molecular formula is C4H10F3O3Si3. The molecular weight excluding hydrogens is 237 g/mol. The highest BCUT2D eigenvalue weighted by atomic mass is 28.6. The first-order valence-electron chi connectivity index (χ1n) is 3.85.